The standard InChI is InChI=1S/C14H17N3O/c1-2-17(8-10-3-4-10)14(18)11-5-6-12-13(7-11)16-9-15-12/h5-7,9-10H,2-4,8H2,1H3,(H,15,16). The van der Waals surface area contributed by atoms with Gasteiger partial charge in [0.25, 0.3) is 5.91 Å². The molecule has 1 N–H and O–H groups in total. The summed E-state index contributed by atoms with van der Waals surface area (Å²) < 4.78 is 0. The zero-order chi connectivity index (χ0) is 12.5. The van der Waals surface area contributed by atoms with Gasteiger partial charge in [0.05, 0.1) is 17.4 Å². The highest BCUT2D eigenvalue weighted by atomic mass is 16.2. The Labute approximate surface area is 106 Å². The number of nitrogens with zero attached hydrogens (tertiary/aromatic N) is 2. The third-order valence-electron chi connectivity index (χ3n) is 3.51. The highest BCUT2D eigenvalue weighted by Gasteiger charge is 2.26. The minimum atomic E-state index is 0.126. The molecule has 4 heteroatoms. The molecule has 1 amide bonds. The van der Waals surface area contributed by atoms with Crippen LogP contribution in [0.15, 0.2) is 24.5 Å². The molecule has 0 saturated heterocycles. The zero-order valence-corrected chi connectivity index (χ0v) is 10.5. The van der Waals surface area contributed by atoms with Crippen LogP contribution in [0, 0.1) is 5.92 Å². The van der Waals surface area contributed by atoms with Crippen molar-refractivity contribution < 1.29 is 4.79 Å². The molecule has 1 aliphatic carbocycles. The summed E-state index contributed by atoms with van der Waals surface area (Å²) in [5.41, 5.74) is 2.56. The second kappa shape index (κ2) is 4.44. The van der Waals surface area contributed by atoms with Gasteiger partial charge in [-0.3, -0.25) is 4.79 Å². The lowest BCUT2D eigenvalue weighted by atomic mass is 10.1. The summed E-state index contributed by atoms with van der Waals surface area (Å²) in [6.45, 7) is 3.71. The number of aromatic amines is 1. The summed E-state index contributed by atoms with van der Waals surface area (Å²) in [4.78, 5) is 21.5. The molecular formula is C14H17N3O. The molecule has 2 aromatic rings. The van der Waals surface area contributed by atoms with E-state index in [0.29, 0.717) is 0 Å². The monoisotopic (exact) mass is 243 g/mol. The number of aromatic nitrogens is 2. The first-order valence-corrected chi connectivity index (χ1v) is 6.50. The largest absolute Gasteiger partial charge is 0.345 e. The Morgan fingerprint density at radius 3 is 3.06 bits per heavy atom. The van der Waals surface area contributed by atoms with Gasteiger partial charge in [0.15, 0.2) is 0 Å². The lowest BCUT2D eigenvalue weighted by molar-refractivity contribution is 0.0757. The van der Waals surface area contributed by atoms with Crippen LogP contribution in [0.1, 0.15) is 30.1 Å². The molecule has 1 heterocycles. The minimum absolute atomic E-state index is 0.126. The normalized spacial score (nSPS) is 14.9. The van der Waals surface area contributed by atoms with Crippen molar-refractivity contribution in [1.29, 1.82) is 0 Å². The lowest BCUT2D eigenvalue weighted by Gasteiger charge is -2.20. The average Bonchev–Trinajstić information content (AvgIpc) is 3.09. The number of benzene rings is 1. The molecule has 4 nitrogen and oxygen atoms in total. The van der Waals surface area contributed by atoms with Crippen LogP contribution in [-0.4, -0.2) is 33.9 Å². The van der Waals surface area contributed by atoms with Crippen LogP contribution in [0.25, 0.3) is 11.0 Å². The fourth-order valence-corrected chi connectivity index (χ4v) is 2.22. The van der Waals surface area contributed by atoms with Gasteiger partial charge < -0.3 is 9.88 Å². The Morgan fingerprint density at radius 2 is 2.33 bits per heavy atom. The smallest absolute Gasteiger partial charge is 0.253 e. The van der Waals surface area contributed by atoms with Crippen LogP contribution in [0.5, 0.6) is 0 Å². The predicted molar refractivity (Wildman–Crippen MR) is 70.4 cm³/mol. The molecular weight excluding hydrogens is 226 g/mol. The Morgan fingerprint density at radius 1 is 1.50 bits per heavy atom. The number of carbonyl (C=O) groups excluding carboxylic acids is 1. The number of hydrogen-bond acceptors (Lipinski definition) is 2. The van der Waals surface area contributed by atoms with Gasteiger partial charge in [-0.25, -0.2) is 4.98 Å². The van der Waals surface area contributed by atoms with Crippen molar-refractivity contribution in [3.63, 3.8) is 0 Å². The van der Waals surface area contributed by atoms with Crippen molar-refractivity contribution in [3.05, 3.63) is 30.1 Å². The molecule has 1 aromatic heterocycles. The Bertz CT molecular complexity index is 571. The van der Waals surface area contributed by atoms with Gasteiger partial charge >= 0.3 is 0 Å². The van der Waals surface area contributed by atoms with E-state index < -0.39 is 0 Å². The maximum Gasteiger partial charge on any atom is 0.253 e. The van der Waals surface area contributed by atoms with Gasteiger partial charge in [-0.2, -0.15) is 0 Å². The molecule has 18 heavy (non-hydrogen) atoms. The molecule has 0 atom stereocenters. The number of hydrogen-bond donors (Lipinski definition) is 1. The lowest BCUT2D eigenvalue weighted by Crippen LogP contribution is -2.32. The number of imidazole rings is 1. The maximum absolute atomic E-state index is 12.4. The van der Waals surface area contributed by atoms with Gasteiger partial charge in [0.1, 0.15) is 0 Å². The summed E-state index contributed by atoms with van der Waals surface area (Å²) in [5, 5.41) is 0. The van der Waals surface area contributed by atoms with E-state index in [-0.39, 0.29) is 5.91 Å². The Kier molecular flexibility index (Phi) is 2.78. The fraction of sp³-hybridized carbons (Fsp3) is 0.429. The van der Waals surface area contributed by atoms with Crippen molar-refractivity contribution in [3.8, 4) is 0 Å². The molecule has 0 bridgehead atoms. The minimum Gasteiger partial charge on any atom is -0.345 e. The van der Waals surface area contributed by atoms with Crippen LogP contribution in [0.2, 0.25) is 0 Å². The molecule has 1 saturated carbocycles. The van der Waals surface area contributed by atoms with E-state index in [2.05, 4.69) is 9.97 Å². The Balaban J connectivity index is 1.84. The second-order valence-corrected chi connectivity index (χ2v) is 4.92. The topological polar surface area (TPSA) is 49.0 Å². The molecule has 0 spiro atoms. The predicted octanol–water partition coefficient (Wildman–Crippen LogP) is 2.43. The van der Waals surface area contributed by atoms with E-state index in [1.807, 2.05) is 30.0 Å². The van der Waals surface area contributed by atoms with Gasteiger partial charge in [-0.15, -0.1) is 0 Å². The van der Waals surface area contributed by atoms with Crippen LogP contribution in [0.4, 0.5) is 0 Å². The van der Waals surface area contributed by atoms with Crippen molar-refractivity contribution in [2.24, 2.45) is 5.92 Å². The van der Waals surface area contributed by atoms with Crippen molar-refractivity contribution in [2.45, 2.75) is 19.8 Å². The van der Waals surface area contributed by atoms with Gasteiger partial charge in [-0.1, -0.05) is 0 Å². The highest BCUT2D eigenvalue weighted by molar-refractivity contribution is 5.97. The third-order valence-corrected chi connectivity index (χ3v) is 3.51. The van der Waals surface area contributed by atoms with E-state index in [1.54, 1.807) is 6.33 Å². The number of rotatable bonds is 4. The first kappa shape index (κ1) is 11.3. The number of fused-ring (bicyclic) bond motifs is 1. The molecule has 1 aliphatic rings. The molecule has 1 aromatic carbocycles. The molecule has 0 aliphatic heterocycles. The summed E-state index contributed by atoms with van der Waals surface area (Å²) in [6.07, 6.45) is 4.19. The van der Waals surface area contributed by atoms with Crippen molar-refractivity contribution >= 4 is 16.9 Å². The Hall–Kier alpha value is -1.84. The number of H-pyrrole nitrogens is 1. The third kappa shape index (κ3) is 2.10. The van der Waals surface area contributed by atoms with Crippen LogP contribution >= 0.6 is 0 Å². The van der Waals surface area contributed by atoms with Gasteiger partial charge in [0.2, 0.25) is 0 Å². The molecule has 0 unspecified atom stereocenters. The van der Waals surface area contributed by atoms with Crippen LogP contribution < -0.4 is 0 Å². The van der Waals surface area contributed by atoms with E-state index in [1.165, 1.54) is 12.8 Å². The molecule has 94 valence electrons. The average molecular weight is 243 g/mol. The van der Waals surface area contributed by atoms with Gasteiger partial charge in [0, 0.05) is 18.7 Å². The molecule has 1 fully saturated rings. The summed E-state index contributed by atoms with van der Waals surface area (Å²) in [5.74, 6) is 0.852. The summed E-state index contributed by atoms with van der Waals surface area (Å²) in [7, 11) is 0. The summed E-state index contributed by atoms with van der Waals surface area (Å²) >= 11 is 0. The second-order valence-electron chi connectivity index (χ2n) is 4.92. The quantitative estimate of drug-likeness (QED) is 0.896. The summed E-state index contributed by atoms with van der Waals surface area (Å²) in [6, 6.07) is 5.64. The first-order valence-electron chi connectivity index (χ1n) is 6.50. The first-order chi connectivity index (χ1) is 8.78. The SMILES string of the molecule is CCN(CC1CC1)C(=O)c1ccc2nc[nH]c2c1. The van der Waals surface area contributed by atoms with E-state index in [9.17, 15) is 4.79 Å². The van der Waals surface area contributed by atoms with Crippen molar-refractivity contribution in [2.75, 3.05) is 13.1 Å². The van der Waals surface area contributed by atoms with E-state index in [0.717, 1.165) is 35.6 Å². The van der Waals surface area contributed by atoms with Gasteiger partial charge in [-0.05, 0) is 43.9 Å². The molecule has 3 rings (SSSR count). The fourth-order valence-electron chi connectivity index (χ4n) is 2.22. The number of amides is 1. The van der Waals surface area contributed by atoms with Crippen LogP contribution in [-0.2, 0) is 0 Å². The number of carbonyl (C=O) groups is 1. The van der Waals surface area contributed by atoms with Crippen LogP contribution in [0.3, 0.4) is 0 Å². The maximum atomic E-state index is 12.4. The number of nitrogens with one attached hydrogen (secondary N) is 1. The molecule has 0 radical (unpaired) electrons. The highest BCUT2D eigenvalue weighted by Crippen LogP contribution is 2.30. The van der Waals surface area contributed by atoms with E-state index in [4.69, 9.17) is 0 Å². The zero-order valence-electron chi connectivity index (χ0n) is 10.5. The van der Waals surface area contributed by atoms with E-state index >= 15 is 0 Å². The van der Waals surface area contributed by atoms with Crippen molar-refractivity contribution in [1.82, 2.24) is 14.9 Å².